The summed E-state index contributed by atoms with van der Waals surface area (Å²) in [5, 5.41) is 3.20. The molecule has 1 saturated carbocycles. The van der Waals surface area contributed by atoms with Gasteiger partial charge in [-0.1, -0.05) is 13.8 Å². The average molecular weight is 275 g/mol. The Hall–Kier alpha value is -0.960. The molecule has 0 spiro atoms. The highest BCUT2D eigenvalue weighted by Gasteiger charge is 2.29. The van der Waals surface area contributed by atoms with Gasteiger partial charge in [-0.15, -0.1) is 0 Å². The zero-order valence-electron chi connectivity index (χ0n) is 13.7. The first-order chi connectivity index (χ1) is 9.43. The van der Waals surface area contributed by atoms with Crippen molar-refractivity contribution in [3.05, 3.63) is 22.8 Å². The summed E-state index contributed by atoms with van der Waals surface area (Å²) in [4.78, 5) is 9.64. The molecule has 1 heterocycles. The summed E-state index contributed by atoms with van der Waals surface area (Å²) in [5.74, 6) is 1.66. The van der Waals surface area contributed by atoms with Crippen molar-refractivity contribution in [1.82, 2.24) is 15.3 Å². The number of aryl methyl sites for hydroxylation is 2. The Morgan fingerprint density at radius 3 is 2.15 bits per heavy atom. The predicted octanol–water partition coefficient (Wildman–Crippen LogP) is 3.54. The zero-order valence-corrected chi connectivity index (χ0v) is 13.7. The second-order valence-corrected chi connectivity index (χ2v) is 7.02. The van der Waals surface area contributed by atoms with Gasteiger partial charge in [0, 0.05) is 17.3 Å². The van der Waals surface area contributed by atoms with Crippen LogP contribution in [0.2, 0.25) is 0 Å². The van der Waals surface area contributed by atoms with Gasteiger partial charge in [0.1, 0.15) is 5.82 Å². The Labute approximate surface area is 123 Å². The lowest BCUT2D eigenvalue weighted by atomic mass is 9.73. The topological polar surface area (TPSA) is 37.8 Å². The number of rotatable bonds is 4. The van der Waals surface area contributed by atoms with Crippen LogP contribution in [0, 0.1) is 19.3 Å². The fourth-order valence-corrected chi connectivity index (χ4v) is 3.22. The van der Waals surface area contributed by atoms with E-state index in [9.17, 15) is 0 Å². The SMILES string of the molecule is CNCCc1c(C)nc(C2CCC(C)(C)CC2)nc1C. The van der Waals surface area contributed by atoms with Gasteiger partial charge in [0.15, 0.2) is 0 Å². The third-order valence-electron chi connectivity index (χ3n) is 4.77. The first-order valence-corrected chi connectivity index (χ1v) is 7.91. The lowest BCUT2D eigenvalue weighted by Gasteiger charge is -2.33. The fourth-order valence-electron chi connectivity index (χ4n) is 3.22. The maximum absolute atomic E-state index is 4.82. The molecule has 1 aromatic heterocycles. The van der Waals surface area contributed by atoms with Crippen LogP contribution < -0.4 is 5.32 Å². The molecule has 1 N–H and O–H groups in total. The Balaban J connectivity index is 2.14. The maximum atomic E-state index is 4.82. The van der Waals surface area contributed by atoms with Gasteiger partial charge in [-0.25, -0.2) is 9.97 Å². The van der Waals surface area contributed by atoms with E-state index in [0.29, 0.717) is 11.3 Å². The lowest BCUT2D eigenvalue weighted by molar-refractivity contribution is 0.220. The second kappa shape index (κ2) is 6.21. The van der Waals surface area contributed by atoms with Gasteiger partial charge in [0.05, 0.1) is 0 Å². The maximum Gasteiger partial charge on any atom is 0.131 e. The lowest BCUT2D eigenvalue weighted by Crippen LogP contribution is -2.22. The second-order valence-electron chi connectivity index (χ2n) is 7.02. The molecule has 0 unspecified atom stereocenters. The van der Waals surface area contributed by atoms with E-state index in [2.05, 4.69) is 33.0 Å². The van der Waals surface area contributed by atoms with Crippen LogP contribution in [0.25, 0.3) is 0 Å². The summed E-state index contributed by atoms with van der Waals surface area (Å²) in [7, 11) is 1.99. The number of hydrogen-bond donors (Lipinski definition) is 1. The van der Waals surface area contributed by atoms with Crippen LogP contribution in [0.15, 0.2) is 0 Å². The minimum absolute atomic E-state index is 0.507. The summed E-state index contributed by atoms with van der Waals surface area (Å²) >= 11 is 0. The molecule has 0 bridgehead atoms. The fraction of sp³-hybridized carbons (Fsp3) is 0.765. The van der Waals surface area contributed by atoms with E-state index in [1.807, 2.05) is 7.05 Å². The summed E-state index contributed by atoms with van der Waals surface area (Å²) in [6.07, 6.45) is 6.08. The Kier molecular flexibility index (Phi) is 4.79. The van der Waals surface area contributed by atoms with Crippen molar-refractivity contribution in [3.8, 4) is 0 Å². The standard InChI is InChI=1S/C17H29N3/c1-12-15(8-11-18-5)13(2)20-16(19-12)14-6-9-17(3,4)10-7-14/h14,18H,6-11H2,1-5H3. The molecule has 1 aliphatic carbocycles. The molecule has 0 amide bonds. The highest BCUT2D eigenvalue weighted by molar-refractivity contribution is 5.25. The van der Waals surface area contributed by atoms with Crippen LogP contribution in [-0.4, -0.2) is 23.6 Å². The summed E-state index contributed by atoms with van der Waals surface area (Å²) in [6, 6.07) is 0. The third kappa shape index (κ3) is 3.57. The molecule has 3 nitrogen and oxygen atoms in total. The predicted molar refractivity (Wildman–Crippen MR) is 84.1 cm³/mol. The molecule has 0 radical (unpaired) electrons. The van der Waals surface area contributed by atoms with Crippen LogP contribution in [0.1, 0.15) is 68.2 Å². The summed E-state index contributed by atoms with van der Waals surface area (Å²) in [5.41, 5.74) is 4.17. The highest BCUT2D eigenvalue weighted by Crippen LogP contribution is 2.41. The van der Waals surface area contributed by atoms with Crippen molar-refractivity contribution in [2.75, 3.05) is 13.6 Å². The van der Waals surface area contributed by atoms with E-state index >= 15 is 0 Å². The Morgan fingerprint density at radius 2 is 1.65 bits per heavy atom. The number of likely N-dealkylation sites (N-methyl/N-ethyl adjacent to an activating group) is 1. The van der Waals surface area contributed by atoms with Crippen LogP contribution in [0.3, 0.4) is 0 Å². The summed E-state index contributed by atoms with van der Waals surface area (Å²) < 4.78 is 0. The summed E-state index contributed by atoms with van der Waals surface area (Å²) in [6.45, 7) is 10.0. The molecule has 0 saturated heterocycles. The van der Waals surface area contributed by atoms with Gasteiger partial charge in [-0.2, -0.15) is 0 Å². The molecule has 0 aliphatic heterocycles. The van der Waals surface area contributed by atoms with E-state index in [0.717, 1.165) is 18.8 Å². The number of nitrogens with zero attached hydrogens (tertiary/aromatic N) is 2. The zero-order chi connectivity index (χ0) is 14.8. The molecule has 20 heavy (non-hydrogen) atoms. The van der Waals surface area contributed by atoms with Crippen molar-refractivity contribution in [1.29, 1.82) is 0 Å². The minimum Gasteiger partial charge on any atom is -0.319 e. The quantitative estimate of drug-likeness (QED) is 0.913. The van der Waals surface area contributed by atoms with Crippen LogP contribution in [0.5, 0.6) is 0 Å². The van der Waals surface area contributed by atoms with Gasteiger partial charge in [-0.3, -0.25) is 0 Å². The van der Waals surface area contributed by atoms with E-state index in [1.165, 1.54) is 42.6 Å². The Morgan fingerprint density at radius 1 is 1.10 bits per heavy atom. The molecule has 0 aromatic carbocycles. The third-order valence-corrected chi connectivity index (χ3v) is 4.77. The molecular formula is C17H29N3. The molecule has 0 atom stereocenters. The molecule has 1 fully saturated rings. The highest BCUT2D eigenvalue weighted by atomic mass is 14.9. The van der Waals surface area contributed by atoms with Crippen molar-refractivity contribution in [3.63, 3.8) is 0 Å². The van der Waals surface area contributed by atoms with Crippen molar-refractivity contribution < 1.29 is 0 Å². The largest absolute Gasteiger partial charge is 0.319 e. The number of nitrogens with one attached hydrogen (secondary N) is 1. The van der Waals surface area contributed by atoms with E-state index in [-0.39, 0.29) is 0 Å². The van der Waals surface area contributed by atoms with Crippen LogP contribution in [-0.2, 0) is 6.42 Å². The normalized spacial score (nSPS) is 19.2. The molecular weight excluding hydrogens is 246 g/mol. The molecule has 1 aromatic rings. The molecule has 2 rings (SSSR count). The average Bonchev–Trinajstić information content (AvgIpc) is 2.37. The monoisotopic (exact) mass is 275 g/mol. The van der Waals surface area contributed by atoms with Crippen molar-refractivity contribution in [2.24, 2.45) is 5.41 Å². The smallest absolute Gasteiger partial charge is 0.131 e. The first-order valence-electron chi connectivity index (χ1n) is 7.91. The first kappa shape index (κ1) is 15.4. The number of aromatic nitrogens is 2. The van der Waals surface area contributed by atoms with E-state index in [1.54, 1.807) is 0 Å². The van der Waals surface area contributed by atoms with Gasteiger partial charge in [0.25, 0.3) is 0 Å². The van der Waals surface area contributed by atoms with E-state index in [4.69, 9.17) is 9.97 Å². The Bertz CT molecular complexity index is 432. The molecule has 3 heteroatoms. The van der Waals surface area contributed by atoms with Gasteiger partial charge < -0.3 is 5.32 Å². The van der Waals surface area contributed by atoms with Gasteiger partial charge >= 0.3 is 0 Å². The van der Waals surface area contributed by atoms with Crippen molar-refractivity contribution in [2.45, 2.75) is 65.7 Å². The molecule has 112 valence electrons. The van der Waals surface area contributed by atoms with Crippen molar-refractivity contribution >= 4 is 0 Å². The molecule has 1 aliphatic rings. The number of hydrogen-bond acceptors (Lipinski definition) is 3. The van der Waals surface area contributed by atoms with Gasteiger partial charge in [-0.05, 0) is 70.5 Å². The minimum atomic E-state index is 0.507. The van der Waals surface area contributed by atoms with Crippen LogP contribution in [0.4, 0.5) is 0 Å². The van der Waals surface area contributed by atoms with E-state index < -0.39 is 0 Å². The van der Waals surface area contributed by atoms with Crippen LogP contribution >= 0.6 is 0 Å². The van der Waals surface area contributed by atoms with Gasteiger partial charge in [0.2, 0.25) is 0 Å².